The predicted molar refractivity (Wildman–Crippen MR) is 72.3 cm³/mol. The van der Waals surface area contributed by atoms with Gasteiger partial charge in [-0.1, -0.05) is 25.5 Å². The molecule has 0 saturated carbocycles. The van der Waals surface area contributed by atoms with Crippen LogP contribution in [0.2, 0.25) is 0 Å². The molecule has 1 amide bonds. The van der Waals surface area contributed by atoms with Gasteiger partial charge in [0.15, 0.2) is 17.7 Å². The summed E-state index contributed by atoms with van der Waals surface area (Å²) in [7, 11) is 0. The van der Waals surface area contributed by atoms with Crippen molar-refractivity contribution in [2.24, 2.45) is 5.73 Å². The minimum atomic E-state index is -0.751. The third-order valence-electron chi connectivity index (χ3n) is 2.76. The Kier molecular flexibility index (Phi) is 6.29. The molecule has 1 unspecified atom stereocenters. The fraction of sp³-hybridized carbons (Fsp3) is 0.500. The van der Waals surface area contributed by atoms with E-state index in [4.69, 9.17) is 10.5 Å². The van der Waals surface area contributed by atoms with E-state index in [-0.39, 0.29) is 18.2 Å². The fourth-order valence-electron chi connectivity index (χ4n) is 1.61. The maximum absolute atomic E-state index is 13.7. The van der Waals surface area contributed by atoms with Crippen LogP contribution in [0.1, 0.15) is 32.3 Å². The first-order chi connectivity index (χ1) is 9.10. The molecule has 106 valence electrons. The molecule has 4 nitrogen and oxygen atoms in total. The molecule has 0 aliphatic carbocycles. The summed E-state index contributed by atoms with van der Waals surface area (Å²) in [5.74, 6) is -0.695. The molecule has 1 aromatic rings. The van der Waals surface area contributed by atoms with E-state index in [0.29, 0.717) is 12.1 Å². The van der Waals surface area contributed by atoms with Gasteiger partial charge in [-0.05, 0) is 19.4 Å². The molecule has 0 aliphatic heterocycles. The summed E-state index contributed by atoms with van der Waals surface area (Å²) in [5.41, 5.74) is 6.07. The Balaban J connectivity index is 2.66. The Labute approximate surface area is 113 Å². The minimum Gasteiger partial charge on any atom is -0.477 e. The van der Waals surface area contributed by atoms with Crippen LogP contribution in [0.25, 0.3) is 0 Å². The molecule has 0 fully saturated rings. The third-order valence-corrected chi connectivity index (χ3v) is 2.76. The number of rotatable bonds is 7. The zero-order valence-electron chi connectivity index (χ0n) is 11.4. The van der Waals surface area contributed by atoms with E-state index >= 15 is 0 Å². The van der Waals surface area contributed by atoms with Crippen molar-refractivity contribution in [1.82, 2.24) is 5.32 Å². The first kappa shape index (κ1) is 15.4. The second-order valence-corrected chi connectivity index (χ2v) is 4.34. The van der Waals surface area contributed by atoms with Crippen molar-refractivity contribution in [3.8, 4) is 5.75 Å². The molecule has 0 spiro atoms. The number of hydrogen-bond acceptors (Lipinski definition) is 3. The van der Waals surface area contributed by atoms with E-state index in [1.165, 1.54) is 6.07 Å². The summed E-state index contributed by atoms with van der Waals surface area (Å²) in [6.45, 7) is 4.40. The molecule has 0 aliphatic rings. The smallest absolute Gasteiger partial charge is 0.260 e. The summed E-state index contributed by atoms with van der Waals surface area (Å²) < 4.78 is 19.0. The molecule has 1 aromatic carbocycles. The molecule has 5 heteroatoms. The highest BCUT2D eigenvalue weighted by Gasteiger charge is 2.18. The van der Waals surface area contributed by atoms with Crippen LogP contribution in [-0.4, -0.2) is 18.6 Å². The van der Waals surface area contributed by atoms with Crippen LogP contribution in [0.15, 0.2) is 18.2 Å². The Morgan fingerprint density at radius 2 is 2.26 bits per heavy atom. The van der Waals surface area contributed by atoms with E-state index in [1.807, 2.05) is 6.92 Å². The van der Waals surface area contributed by atoms with Gasteiger partial charge >= 0.3 is 0 Å². The molecule has 0 aromatic heterocycles. The van der Waals surface area contributed by atoms with Crippen molar-refractivity contribution in [3.05, 3.63) is 29.6 Å². The van der Waals surface area contributed by atoms with Gasteiger partial charge in [-0.3, -0.25) is 4.79 Å². The number of amides is 1. The summed E-state index contributed by atoms with van der Waals surface area (Å²) >= 11 is 0. The van der Waals surface area contributed by atoms with Crippen LogP contribution in [-0.2, 0) is 11.3 Å². The average molecular weight is 268 g/mol. The monoisotopic (exact) mass is 268 g/mol. The van der Waals surface area contributed by atoms with Crippen molar-refractivity contribution in [3.63, 3.8) is 0 Å². The highest BCUT2D eigenvalue weighted by molar-refractivity contribution is 5.80. The molecule has 0 bridgehead atoms. The van der Waals surface area contributed by atoms with Crippen LogP contribution < -0.4 is 15.8 Å². The van der Waals surface area contributed by atoms with Crippen molar-refractivity contribution in [2.45, 2.75) is 39.3 Å². The first-order valence-corrected chi connectivity index (χ1v) is 6.52. The lowest BCUT2D eigenvalue weighted by molar-refractivity contribution is -0.127. The molecule has 1 atom stereocenters. The molecule has 3 N–H and O–H groups in total. The topological polar surface area (TPSA) is 64.3 Å². The number of halogens is 1. The lowest BCUT2D eigenvalue weighted by Gasteiger charge is -2.17. The van der Waals surface area contributed by atoms with Crippen LogP contribution >= 0.6 is 0 Å². The Morgan fingerprint density at radius 3 is 2.89 bits per heavy atom. The number of carbonyl (C=O) groups excluding carboxylic acids is 1. The van der Waals surface area contributed by atoms with Gasteiger partial charge < -0.3 is 15.8 Å². The van der Waals surface area contributed by atoms with E-state index in [9.17, 15) is 9.18 Å². The third kappa shape index (κ3) is 4.52. The van der Waals surface area contributed by atoms with Gasteiger partial charge in [0.1, 0.15) is 0 Å². The van der Waals surface area contributed by atoms with Crippen molar-refractivity contribution < 1.29 is 13.9 Å². The maximum Gasteiger partial charge on any atom is 0.260 e. The number of hydrogen-bond donors (Lipinski definition) is 2. The molecule has 19 heavy (non-hydrogen) atoms. The number of benzene rings is 1. The van der Waals surface area contributed by atoms with Crippen LogP contribution in [0, 0.1) is 5.82 Å². The van der Waals surface area contributed by atoms with E-state index in [2.05, 4.69) is 5.32 Å². The number of unbranched alkanes of at least 4 members (excludes halogenated alkanes) is 1. The number of carbonyl (C=O) groups is 1. The number of para-hydroxylation sites is 1. The predicted octanol–water partition coefficient (Wildman–Crippen LogP) is 1.97. The number of nitrogens with one attached hydrogen (secondary N) is 1. The SMILES string of the molecule is CCCCNC(=O)C(C)Oc1c(F)cccc1CN. The largest absolute Gasteiger partial charge is 0.477 e. The van der Waals surface area contributed by atoms with E-state index < -0.39 is 11.9 Å². The fourth-order valence-corrected chi connectivity index (χ4v) is 1.61. The lowest BCUT2D eigenvalue weighted by atomic mass is 10.2. The molecule has 0 heterocycles. The lowest BCUT2D eigenvalue weighted by Crippen LogP contribution is -2.37. The Hall–Kier alpha value is -1.62. The van der Waals surface area contributed by atoms with E-state index in [1.54, 1.807) is 19.1 Å². The van der Waals surface area contributed by atoms with Crippen LogP contribution in [0.5, 0.6) is 5.75 Å². The molecular formula is C14H21FN2O2. The summed E-state index contributed by atoms with van der Waals surface area (Å²) in [4.78, 5) is 11.7. The van der Waals surface area contributed by atoms with Gasteiger partial charge in [-0.15, -0.1) is 0 Å². The van der Waals surface area contributed by atoms with Crippen molar-refractivity contribution in [1.29, 1.82) is 0 Å². The zero-order valence-corrected chi connectivity index (χ0v) is 11.4. The first-order valence-electron chi connectivity index (χ1n) is 6.52. The molecule has 0 radical (unpaired) electrons. The minimum absolute atomic E-state index is 0.0585. The number of nitrogens with two attached hydrogens (primary N) is 1. The van der Waals surface area contributed by atoms with E-state index in [0.717, 1.165) is 12.8 Å². The zero-order chi connectivity index (χ0) is 14.3. The maximum atomic E-state index is 13.7. The van der Waals surface area contributed by atoms with Gasteiger partial charge in [0.2, 0.25) is 0 Å². The molecular weight excluding hydrogens is 247 g/mol. The summed E-state index contributed by atoms with van der Waals surface area (Å²) in [6.07, 6.45) is 1.16. The highest BCUT2D eigenvalue weighted by atomic mass is 19.1. The van der Waals surface area contributed by atoms with Gasteiger partial charge in [-0.2, -0.15) is 0 Å². The van der Waals surface area contributed by atoms with Crippen LogP contribution in [0.3, 0.4) is 0 Å². The second kappa shape index (κ2) is 7.74. The second-order valence-electron chi connectivity index (χ2n) is 4.34. The Bertz CT molecular complexity index is 424. The van der Waals surface area contributed by atoms with Gasteiger partial charge in [0, 0.05) is 18.7 Å². The van der Waals surface area contributed by atoms with Gasteiger partial charge in [0.05, 0.1) is 0 Å². The summed E-state index contributed by atoms with van der Waals surface area (Å²) in [6, 6.07) is 4.53. The Morgan fingerprint density at radius 1 is 1.53 bits per heavy atom. The normalized spacial score (nSPS) is 12.0. The highest BCUT2D eigenvalue weighted by Crippen LogP contribution is 2.23. The standard InChI is InChI=1S/C14H21FN2O2/c1-3-4-8-17-14(18)10(2)19-13-11(9-16)6-5-7-12(13)15/h5-7,10H,3-4,8-9,16H2,1-2H3,(H,17,18). The van der Waals surface area contributed by atoms with Crippen LogP contribution in [0.4, 0.5) is 4.39 Å². The summed E-state index contributed by atoms with van der Waals surface area (Å²) in [5, 5.41) is 2.74. The molecule has 1 rings (SSSR count). The quantitative estimate of drug-likeness (QED) is 0.743. The average Bonchev–Trinajstić information content (AvgIpc) is 2.41. The van der Waals surface area contributed by atoms with Gasteiger partial charge in [0.25, 0.3) is 5.91 Å². The molecule has 0 saturated heterocycles. The van der Waals surface area contributed by atoms with Crippen molar-refractivity contribution >= 4 is 5.91 Å². The number of ether oxygens (including phenoxy) is 1. The van der Waals surface area contributed by atoms with Crippen molar-refractivity contribution in [2.75, 3.05) is 6.54 Å². The van der Waals surface area contributed by atoms with Gasteiger partial charge in [-0.25, -0.2) is 4.39 Å².